The third kappa shape index (κ3) is 1.75. The summed E-state index contributed by atoms with van der Waals surface area (Å²) in [6.07, 6.45) is 0. The van der Waals surface area contributed by atoms with Gasteiger partial charge in [-0.15, -0.1) is 0 Å². The molecule has 0 fully saturated rings. The highest BCUT2D eigenvalue weighted by Gasteiger charge is 2.26. The molecule has 1 aromatic carbocycles. The summed E-state index contributed by atoms with van der Waals surface area (Å²) in [5, 5.41) is 3.53. The molecule has 0 aromatic heterocycles. The van der Waals surface area contributed by atoms with E-state index in [4.69, 9.17) is 0 Å². The number of nitrogens with one attached hydrogen (secondary N) is 1. The van der Waals surface area contributed by atoms with Crippen LogP contribution in [0.4, 0.5) is 5.69 Å². The molecular weight excluding hydrogens is 182 g/mol. The lowest BCUT2D eigenvalue weighted by Crippen LogP contribution is -2.13. The molecule has 2 atom stereocenters. The Morgan fingerprint density at radius 2 is 1.80 bits per heavy atom. The molecule has 2 rings (SSSR count). The van der Waals surface area contributed by atoms with E-state index in [1.165, 1.54) is 16.8 Å². The van der Waals surface area contributed by atoms with Gasteiger partial charge < -0.3 is 5.32 Å². The molecule has 0 amide bonds. The molecule has 1 aromatic rings. The zero-order valence-corrected chi connectivity index (χ0v) is 10.4. The fourth-order valence-corrected chi connectivity index (χ4v) is 2.18. The van der Waals surface area contributed by atoms with Crippen molar-refractivity contribution in [2.24, 2.45) is 0 Å². The minimum Gasteiger partial charge on any atom is -0.382 e. The van der Waals surface area contributed by atoms with E-state index in [0.29, 0.717) is 12.0 Å². The number of anilines is 1. The first kappa shape index (κ1) is 10.5. The minimum absolute atomic E-state index is 0.251. The Hall–Kier alpha value is -0.980. The average molecular weight is 203 g/mol. The third-order valence-electron chi connectivity index (χ3n) is 3.54. The molecule has 82 valence electrons. The maximum atomic E-state index is 3.53. The van der Waals surface area contributed by atoms with Crippen LogP contribution in [0.5, 0.6) is 0 Å². The first-order chi connectivity index (χ1) is 6.89. The quantitative estimate of drug-likeness (QED) is 0.674. The summed E-state index contributed by atoms with van der Waals surface area (Å²) < 4.78 is 0. The van der Waals surface area contributed by atoms with Crippen molar-refractivity contribution in [3.63, 3.8) is 0 Å². The van der Waals surface area contributed by atoms with Crippen LogP contribution in [-0.2, 0) is 5.41 Å². The third-order valence-corrected chi connectivity index (χ3v) is 3.54. The van der Waals surface area contributed by atoms with Gasteiger partial charge in [-0.1, -0.05) is 39.8 Å². The molecule has 0 saturated heterocycles. The Morgan fingerprint density at radius 1 is 1.13 bits per heavy atom. The van der Waals surface area contributed by atoms with Crippen molar-refractivity contribution in [2.45, 2.75) is 52.0 Å². The number of hydrogen-bond acceptors (Lipinski definition) is 1. The van der Waals surface area contributed by atoms with Gasteiger partial charge in [-0.2, -0.15) is 0 Å². The highest BCUT2D eigenvalue weighted by molar-refractivity contribution is 5.60. The van der Waals surface area contributed by atoms with Crippen molar-refractivity contribution in [3.8, 4) is 0 Å². The van der Waals surface area contributed by atoms with Crippen molar-refractivity contribution in [1.29, 1.82) is 0 Å². The van der Waals surface area contributed by atoms with Crippen molar-refractivity contribution < 1.29 is 0 Å². The van der Waals surface area contributed by atoms with Crippen LogP contribution in [0.1, 0.15) is 51.7 Å². The lowest BCUT2D eigenvalue weighted by molar-refractivity contribution is 0.588. The minimum atomic E-state index is 0.251. The number of benzene rings is 1. The molecule has 1 aliphatic rings. The number of hydrogen-bond donors (Lipinski definition) is 1. The van der Waals surface area contributed by atoms with E-state index in [-0.39, 0.29) is 5.41 Å². The van der Waals surface area contributed by atoms with E-state index in [1.807, 2.05) is 0 Å². The smallest absolute Gasteiger partial charge is 0.0378 e. The zero-order chi connectivity index (χ0) is 11.2. The van der Waals surface area contributed by atoms with E-state index >= 15 is 0 Å². The van der Waals surface area contributed by atoms with E-state index in [2.05, 4.69) is 58.1 Å². The van der Waals surface area contributed by atoms with Crippen LogP contribution < -0.4 is 5.32 Å². The lowest BCUT2D eigenvalue weighted by atomic mass is 9.84. The fourth-order valence-electron chi connectivity index (χ4n) is 2.18. The first-order valence-electron chi connectivity index (χ1n) is 5.80. The van der Waals surface area contributed by atoms with Gasteiger partial charge in [0.15, 0.2) is 0 Å². The summed E-state index contributed by atoms with van der Waals surface area (Å²) in [4.78, 5) is 0. The second kappa shape index (κ2) is 3.26. The Bertz CT molecular complexity index is 373. The van der Waals surface area contributed by atoms with Gasteiger partial charge in [-0.25, -0.2) is 0 Å². The van der Waals surface area contributed by atoms with Crippen LogP contribution in [-0.4, -0.2) is 6.04 Å². The Morgan fingerprint density at radius 3 is 2.40 bits per heavy atom. The van der Waals surface area contributed by atoms with Crippen LogP contribution in [0.3, 0.4) is 0 Å². The van der Waals surface area contributed by atoms with Gasteiger partial charge in [0, 0.05) is 17.6 Å². The average Bonchev–Trinajstić information content (AvgIpc) is 2.41. The molecule has 2 unspecified atom stereocenters. The largest absolute Gasteiger partial charge is 0.382 e. The summed E-state index contributed by atoms with van der Waals surface area (Å²) in [6.45, 7) is 11.4. The van der Waals surface area contributed by atoms with Crippen LogP contribution in [0, 0.1) is 0 Å². The van der Waals surface area contributed by atoms with E-state index < -0.39 is 0 Å². The molecule has 0 radical (unpaired) electrons. The van der Waals surface area contributed by atoms with Gasteiger partial charge in [0.1, 0.15) is 0 Å². The first-order valence-corrected chi connectivity index (χ1v) is 5.80. The predicted molar refractivity (Wildman–Crippen MR) is 66.6 cm³/mol. The summed E-state index contributed by atoms with van der Waals surface area (Å²) >= 11 is 0. The molecule has 15 heavy (non-hydrogen) atoms. The Kier molecular flexibility index (Phi) is 2.29. The van der Waals surface area contributed by atoms with Crippen molar-refractivity contribution in [3.05, 3.63) is 29.3 Å². The monoisotopic (exact) mass is 203 g/mol. The zero-order valence-electron chi connectivity index (χ0n) is 10.4. The fraction of sp³-hybridized carbons (Fsp3) is 0.571. The van der Waals surface area contributed by atoms with Gasteiger partial charge in [-0.05, 0) is 29.5 Å². The van der Waals surface area contributed by atoms with E-state index in [9.17, 15) is 0 Å². The highest BCUT2D eigenvalue weighted by Crippen LogP contribution is 2.38. The summed E-state index contributed by atoms with van der Waals surface area (Å²) in [6, 6.07) is 7.42. The van der Waals surface area contributed by atoms with Gasteiger partial charge in [0.05, 0.1) is 0 Å². The highest BCUT2D eigenvalue weighted by atomic mass is 15.0. The van der Waals surface area contributed by atoms with Crippen molar-refractivity contribution in [2.75, 3.05) is 5.32 Å². The second-order valence-corrected chi connectivity index (χ2v) is 5.77. The van der Waals surface area contributed by atoms with Crippen molar-refractivity contribution >= 4 is 5.69 Å². The SMILES string of the molecule is CC1Nc2ccc(C(C)(C)C)cc2C1C. The second-order valence-electron chi connectivity index (χ2n) is 5.77. The van der Waals surface area contributed by atoms with Crippen LogP contribution >= 0.6 is 0 Å². The van der Waals surface area contributed by atoms with Gasteiger partial charge in [0.2, 0.25) is 0 Å². The molecule has 0 spiro atoms. The molecule has 1 N–H and O–H groups in total. The molecule has 0 aliphatic carbocycles. The lowest BCUT2D eigenvalue weighted by Gasteiger charge is -2.20. The predicted octanol–water partition coefficient (Wildman–Crippen LogP) is 3.90. The standard InChI is InChI=1S/C14H21N/c1-9-10(2)15-13-7-6-11(8-12(9)13)14(3,4)5/h6-10,15H,1-5H3. The summed E-state index contributed by atoms with van der Waals surface area (Å²) in [5.74, 6) is 0.627. The maximum absolute atomic E-state index is 3.53. The van der Waals surface area contributed by atoms with Crippen molar-refractivity contribution in [1.82, 2.24) is 0 Å². The topological polar surface area (TPSA) is 12.0 Å². The number of rotatable bonds is 0. The van der Waals surface area contributed by atoms with Gasteiger partial charge >= 0.3 is 0 Å². The molecule has 1 heterocycles. The van der Waals surface area contributed by atoms with Crippen LogP contribution in [0.25, 0.3) is 0 Å². The van der Waals surface area contributed by atoms with E-state index in [0.717, 1.165) is 0 Å². The normalized spacial score (nSPS) is 24.9. The molecule has 1 heteroatoms. The molecule has 0 saturated carbocycles. The Labute approximate surface area is 92.9 Å². The summed E-state index contributed by atoms with van der Waals surface area (Å²) in [7, 11) is 0. The molecule has 1 aliphatic heterocycles. The molecule has 0 bridgehead atoms. The molecular formula is C14H21N. The Balaban J connectivity index is 2.44. The van der Waals surface area contributed by atoms with Gasteiger partial charge in [0.25, 0.3) is 0 Å². The van der Waals surface area contributed by atoms with Crippen LogP contribution in [0.2, 0.25) is 0 Å². The van der Waals surface area contributed by atoms with Crippen LogP contribution in [0.15, 0.2) is 18.2 Å². The molecule has 1 nitrogen and oxygen atoms in total. The van der Waals surface area contributed by atoms with E-state index in [1.54, 1.807) is 0 Å². The number of fused-ring (bicyclic) bond motifs is 1. The summed E-state index contributed by atoms with van der Waals surface area (Å²) in [5.41, 5.74) is 4.49. The van der Waals surface area contributed by atoms with Gasteiger partial charge in [-0.3, -0.25) is 0 Å². The maximum Gasteiger partial charge on any atom is 0.0378 e.